The predicted octanol–water partition coefficient (Wildman–Crippen LogP) is 9.84. The molecule has 2 atom stereocenters. The first-order chi connectivity index (χ1) is 22.3. The van der Waals surface area contributed by atoms with Crippen LogP contribution in [0.5, 0.6) is 5.75 Å². The van der Waals surface area contributed by atoms with Crippen molar-refractivity contribution in [2.45, 2.75) is 96.2 Å². The van der Waals surface area contributed by atoms with E-state index in [1.54, 1.807) is 12.4 Å². The zero-order chi connectivity index (χ0) is 35.0. The molecular weight excluding hydrogens is 639 g/mol. The third kappa shape index (κ3) is 6.22. The molecule has 1 aliphatic carbocycles. The Balaban J connectivity index is 1.40. The van der Waals surface area contributed by atoms with Gasteiger partial charge in [0.15, 0.2) is 14.1 Å². The molecule has 1 aromatic heterocycles. The average molecular weight is 680 g/mol. The number of benzene rings is 3. The predicted molar refractivity (Wildman–Crippen MR) is 180 cm³/mol. The maximum Gasteiger partial charge on any atom is 0.387 e. The molecule has 1 aliphatic heterocycles. The lowest BCUT2D eigenvalue weighted by Crippen LogP contribution is -2.46. The molecule has 2 bridgehead atoms. The van der Waals surface area contributed by atoms with Crippen LogP contribution in [0.25, 0.3) is 21.9 Å². The van der Waals surface area contributed by atoms with Crippen LogP contribution in [0, 0.1) is 0 Å². The Kier molecular flexibility index (Phi) is 8.26. The van der Waals surface area contributed by atoms with Crippen molar-refractivity contribution in [2.24, 2.45) is 0 Å². The number of rotatable bonds is 8. The Bertz CT molecular complexity index is 1880. The number of nitrogens with zero attached hydrogens (tertiary/aromatic N) is 3. The van der Waals surface area contributed by atoms with Gasteiger partial charge in [-0.05, 0) is 90.1 Å². The van der Waals surface area contributed by atoms with Crippen molar-refractivity contribution in [3.05, 3.63) is 89.0 Å². The third-order valence-electron chi connectivity index (χ3n) is 10.0. The molecule has 0 spiro atoms. The molecule has 11 heteroatoms. The highest BCUT2D eigenvalue weighted by Gasteiger charge is 2.47. The van der Waals surface area contributed by atoms with Gasteiger partial charge in [-0.25, -0.2) is 18.7 Å². The summed E-state index contributed by atoms with van der Waals surface area (Å²) < 4.78 is 67.5. The van der Waals surface area contributed by atoms with E-state index in [1.165, 1.54) is 23.1 Å². The van der Waals surface area contributed by atoms with Gasteiger partial charge in [0.1, 0.15) is 11.4 Å². The van der Waals surface area contributed by atoms with Crippen LogP contribution in [0.2, 0.25) is 18.1 Å². The number of hydrogen-bond acceptors (Lipinski definition) is 5. The molecule has 1 amide bonds. The van der Waals surface area contributed by atoms with Crippen molar-refractivity contribution in [1.29, 1.82) is 0 Å². The number of carbonyl (C=O) groups excluding carboxylic acids is 1. The quantitative estimate of drug-likeness (QED) is 0.137. The number of amides is 1. The minimum Gasteiger partial charge on any atom is -0.434 e. The van der Waals surface area contributed by atoms with Gasteiger partial charge in [0, 0.05) is 41.9 Å². The van der Waals surface area contributed by atoms with Gasteiger partial charge >= 0.3 is 6.61 Å². The molecule has 6 nitrogen and oxygen atoms in total. The molecule has 2 unspecified atom stereocenters. The monoisotopic (exact) mass is 679 g/mol. The first-order valence-electron chi connectivity index (χ1n) is 16.1. The van der Waals surface area contributed by atoms with E-state index >= 15 is 0 Å². The number of hydrogen-bond donors (Lipinski definition) is 0. The van der Waals surface area contributed by atoms with Crippen molar-refractivity contribution in [3.63, 3.8) is 0 Å². The summed E-state index contributed by atoms with van der Waals surface area (Å²) in [5.41, 5.74) is 2.93. The normalized spacial score (nSPS) is 18.3. The van der Waals surface area contributed by atoms with Gasteiger partial charge in [-0.15, -0.1) is 0 Å². The molecule has 0 saturated heterocycles. The van der Waals surface area contributed by atoms with Gasteiger partial charge in [-0.1, -0.05) is 45.0 Å². The molecule has 2 heterocycles. The van der Waals surface area contributed by atoms with E-state index in [4.69, 9.17) is 19.1 Å². The number of alkyl halides is 4. The zero-order valence-corrected chi connectivity index (χ0v) is 29.5. The van der Waals surface area contributed by atoms with Gasteiger partial charge in [0.2, 0.25) is 0 Å². The summed E-state index contributed by atoms with van der Waals surface area (Å²) in [6, 6.07) is 13.5. The van der Waals surface area contributed by atoms with Crippen LogP contribution < -0.4 is 4.74 Å². The zero-order valence-electron chi connectivity index (χ0n) is 28.5. The fraction of sp³-hybridized carbons (Fsp3) is 0.432. The van der Waals surface area contributed by atoms with Gasteiger partial charge in [-0.3, -0.25) is 4.79 Å². The van der Waals surface area contributed by atoms with E-state index in [-0.39, 0.29) is 22.8 Å². The summed E-state index contributed by atoms with van der Waals surface area (Å²) in [6.45, 7) is 11.8. The minimum atomic E-state index is -3.16. The SMILES string of the molecule is CC(F)(F)CN1C(=O)c2cccc(OC(F)F)c2C2CC1c1cc3ccc(-c4cnc(C(C)(C)O[Si](C)(C)C(C)(C)C)nc4)cc3cc12. The molecule has 0 saturated carbocycles. The first kappa shape index (κ1) is 34.0. The van der Waals surface area contributed by atoms with E-state index in [2.05, 4.69) is 33.9 Å². The molecule has 6 rings (SSSR count). The second kappa shape index (κ2) is 11.7. The maximum atomic E-state index is 14.5. The summed E-state index contributed by atoms with van der Waals surface area (Å²) in [5.74, 6) is -3.82. The van der Waals surface area contributed by atoms with Crippen molar-refractivity contribution >= 4 is 25.0 Å². The number of aromatic nitrogens is 2. The van der Waals surface area contributed by atoms with E-state index in [1.807, 2.05) is 44.2 Å². The van der Waals surface area contributed by atoms with Gasteiger partial charge in [-0.2, -0.15) is 8.78 Å². The molecule has 254 valence electrons. The van der Waals surface area contributed by atoms with Crippen LogP contribution in [0.15, 0.2) is 60.9 Å². The number of ether oxygens (including phenoxy) is 1. The summed E-state index contributed by atoms with van der Waals surface area (Å²) in [4.78, 5) is 24.3. The summed E-state index contributed by atoms with van der Waals surface area (Å²) in [7, 11) is -2.09. The molecule has 4 aromatic rings. The molecule has 0 N–H and O–H groups in total. The third-order valence-corrected chi connectivity index (χ3v) is 14.7. The van der Waals surface area contributed by atoms with Crippen LogP contribution in [0.4, 0.5) is 17.6 Å². The van der Waals surface area contributed by atoms with E-state index in [0.717, 1.165) is 39.9 Å². The summed E-state index contributed by atoms with van der Waals surface area (Å²) in [5, 5.41) is 1.76. The lowest BCUT2D eigenvalue weighted by atomic mass is 9.87. The Hall–Kier alpha value is -3.83. The Morgan fingerprint density at radius 1 is 0.917 bits per heavy atom. The fourth-order valence-corrected chi connectivity index (χ4v) is 8.51. The first-order valence-corrected chi connectivity index (χ1v) is 19.0. The van der Waals surface area contributed by atoms with E-state index < -0.39 is 50.9 Å². The molecule has 48 heavy (non-hydrogen) atoms. The van der Waals surface area contributed by atoms with Crippen molar-refractivity contribution in [1.82, 2.24) is 14.9 Å². The van der Waals surface area contributed by atoms with Crippen LogP contribution >= 0.6 is 0 Å². The van der Waals surface area contributed by atoms with Gasteiger partial charge in [0.05, 0.1) is 12.6 Å². The second-order valence-electron chi connectivity index (χ2n) is 15.1. The topological polar surface area (TPSA) is 64.6 Å². The van der Waals surface area contributed by atoms with Crippen molar-refractivity contribution < 1.29 is 31.5 Å². The van der Waals surface area contributed by atoms with Crippen LogP contribution in [0.3, 0.4) is 0 Å². The second-order valence-corrected chi connectivity index (χ2v) is 19.8. The molecule has 2 aliphatic rings. The van der Waals surface area contributed by atoms with Gasteiger partial charge in [0.25, 0.3) is 11.8 Å². The minimum absolute atomic E-state index is 0.0294. The van der Waals surface area contributed by atoms with Crippen molar-refractivity contribution in [3.8, 4) is 16.9 Å². The highest BCUT2D eigenvalue weighted by molar-refractivity contribution is 6.74. The number of halogens is 4. The fourth-order valence-electron chi connectivity index (χ4n) is 6.84. The molecule has 0 fully saturated rings. The van der Waals surface area contributed by atoms with E-state index in [9.17, 15) is 22.4 Å². The van der Waals surface area contributed by atoms with Crippen LogP contribution in [-0.4, -0.2) is 48.2 Å². The van der Waals surface area contributed by atoms with Crippen LogP contribution in [0.1, 0.15) is 92.8 Å². The molecular formula is C37H41F4N3O3Si. The summed E-state index contributed by atoms with van der Waals surface area (Å²) >= 11 is 0. The lowest BCUT2D eigenvalue weighted by Gasteiger charge is -2.42. The Morgan fingerprint density at radius 2 is 1.58 bits per heavy atom. The maximum absolute atomic E-state index is 14.5. The Morgan fingerprint density at radius 3 is 2.21 bits per heavy atom. The largest absolute Gasteiger partial charge is 0.434 e. The van der Waals surface area contributed by atoms with Crippen LogP contribution in [-0.2, 0) is 10.0 Å². The van der Waals surface area contributed by atoms with Crippen molar-refractivity contribution in [2.75, 3.05) is 6.54 Å². The standard InChI is InChI=1S/C37H41F4N3O3Si/c1-35(2,3)48(7,8)47-36(4,5)33-42-18-24(19-43-33)21-12-13-22-15-27-26(16-23(22)14-21)28-17-29(27)44(20-37(6,40)41)32(45)25-10-9-11-30(31(25)28)46-34(38)39/h9-16,18-19,28-29,34H,17,20H2,1-8H3. The highest BCUT2D eigenvalue weighted by Crippen LogP contribution is 2.54. The number of carbonyl (C=O) groups is 1. The van der Waals surface area contributed by atoms with E-state index in [0.29, 0.717) is 11.4 Å². The molecule has 3 aromatic carbocycles. The summed E-state index contributed by atoms with van der Waals surface area (Å²) in [6.07, 6.45) is 3.84. The number of fused-ring (bicyclic) bond motifs is 8. The lowest BCUT2D eigenvalue weighted by molar-refractivity contribution is -0.0506. The van der Waals surface area contributed by atoms with Gasteiger partial charge < -0.3 is 14.1 Å². The highest BCUT2D eigenvalue weighted by atomic mass is 28.4. The molecule has 0 radical (unpaired) electrons. The Labute approximate surface area is 279 Å². The average Bonchev–Trinajstić information content (AvgIpc) is 3.28. The smallest absolute Gasteiger partial charge is 0.387 e.